The second-order valence-electron chi connectivity index (χ2n) is 3.00. The molecule has 2 amide bonds. The van der Waals surface area contributed by atoms with Crippen molar-refractivity contribution in [3.05, 3.63) is 0 Å². The fourth-order valence-electron chi connectivity index (χ4n) is 0.927. The number of rotatable bonds is 7. The van der Waals surface area contributed by atoms with Crippen LogP contribution in [0, 0.1) is 0 Å². The molecule has 0 aromatic carbocycles. The van der Waals surface area contributed by atoms with E-state index in [4.69, 9.17) is 5.11 Å². The molecule has 0 aliphatic rings. The van der Waals surface area contributed by atoms with Crippen molar-refractivity contribution in [3.8, 4) is 0 Å². The molecule has 0 spiro atoms. The maximum absolute atomic E-state index is 11.1. The summed E-state index contributed by atoms with van der Waals surface area (Å²) in [5.41, 5.74) is 0. The van der Waals surface area contributed by atoms with Crippen molar-refractivity contribution >= 4 is 17.8 Å². The van der Waals surface area contributed by atoms with Crippen molar-refractivity contribution in [1.29, 1.82) is 0 Å². The maximum Gasteiger partial charge on any atom is 0.315 e. The number of carbonyl (C=O) groups excluding carboxylic acids is 2. The highest BCUT2D eigenvalue weighted by atomic mass is 16.4. The normalized spacial score (nSPS) is 9.40. The highest BCUT2D eigenvalue weighted by molar-refractivity contribution is 5.85. The van der Waals surface area contributed by atoms with Gasteiger partial charge in [-0.1, -0.05) is 0 Å². The molecular weight excluding hydrogens is 200 g/mol. The van der Waals surface area contributed by atoms with Crippen LogP contribution in [0.2, 0.25) is 0 Å². The summed E-state index contributed by atoms with van der Waals surface area (Å²) in [6.45, 7) is 2.22. The van der Waals surface area contributed by atoms with E-state index in [1.54, 1.807) is 6.92 Å². The minimum atomic E-state index is -0.917. The number of ketones is 1. The van der Waals surface area contributed by atoms with Crippen LogP contribution in [-0.2, 0) is 9.59 Å². The Morgan fingerprint density at radius 2 is 1.80 bits per heavy atom. The van der Waals surface area contributed by atoms with E-state index >= 15 is 0 Å². The largest absolute Gasteiger partial charge is 0.481 e. The first-order valence-electron chi connectivity index (χ1n) is 4.81. The lowest BCUT2D eigenvalue weighted by molar-refractivity contribution is -0.137. The molecule has 0 rings (SSSR count). The number of carboxylic acid groups (broad SMARTS) is 1. The topological polar surface area (TPSA) is 95.5 Å². The average molecular weight is 216 g/mol. The van der Waals surface area contributed by atoms with Gasteiger partial charge in [-0.05, 0) is 13.3 Å². The molecule has 6 heteroatoms. The summed E-state index contributed by atoms with van der Waals surface area (Å²) in [6, 6.07) is -0.385. The lowest BCUT2D eigenvalue weighted by atomic mass is 10.2. The van der Waals surface area contributed by atoms with E-state index in [9.17, 15) is 14.4 Å². The number of aliphatic carboxylic acids is 1. The first-order chi connectivity index (χ1) is 7.06. The molecule has 0 atom stereocenters. The molecule has 0 radical (unpaired) electrons. The molecule has 0 bridgehead atoms. The van der Waals surface area contributed by atoms with Gasteiger partial charge in [-0.2, -0.15) is 0 Å². The van der Waals surface area contributed by atoms with Crippen LogP contribution >= 0.6 is 0 Å². The molecule has 0 unspecified atom stereocenters. The second kappa shape index (κ2) is 7.78. The number of carboxylic acids is 1. The van der Waals surface area contributed by atoms with E-state index < -0.39 is 5.97 Å². The van der Waals surface area contributed by atoms with Gasteiger partial charge in [-0.3, -0.25) is 9.59 Å². The number of urea groups is 1. The van der Waals surface area contributed by atoms with Crippen LogP contribution in [0.3, 0.4) is 0 Å². The van der Waals surface area contributed by atoms with Crippen molar-refractivity contribution in [2.45, 2.75) is 26.2 Å². The fraction of sp³-hybridized carbons (Fsp3) is 0.667. The molecule has 0 aliphatic carbocycles. The number of hydrogen-bond donors (Lipinski definition) is 3. The number of carbonyl (C=O) groups is 3. The third kappa shape index (κ3) is 8.73. The summed E-state index contributed by atoms with van der Waals surface area (Å²) in [6.07, 6.45) is 0.469. The van der Waals surface area contributed by atoms with Gasteiger partial charge in [0.1, 0.15) is 0 Å². The molecule has 0 saturated carbocycles. The minimum Gasteiger partial charge on any atom is -0.481 e. The Bertz CT molecular complexity index is 240. The van der Waals surface area contributed by atoms with Gasteiger partial charge in [0, 0.05) is 19.4 Å². The number of nitrogens with one attached hydrogen (secondary N) is 2. The Balaban J connectivity index is 3.49. The molecule has 6 nitrogen and oxygen atoms in total. The first kappa shape index (κ1) is 13.4. The predicted octanol–water partition coefficient (Wildman–Crippen LogP) is 0.129. The zero-order chi connectivity index (χ0) is 11.7. The molecule has 86 valence electrons. The van der Waals surface area contributed by atoms with Crippen molar-refractivity contribution in [2.24, 2.45) is 0 Å². The second-order valence-corrected chi connectivity index (χ2v) is 3.00. The number of Topliss-reactive ketones (excluding diaryl/α,β-unsaturated/α-hetero) is 1. The smallest absolute Gasteiger partial charge is 0.315 e. The molecule has 15 heavy (non-hydrogen) atoms. The predicted molar refractivity (Wildman–Crippen MR) is 53.6 cm³/mol. The van der Waals surface area contributed by atoms with Crippen molar-refractivity contribution < 1.29 is 19.5 Å². The number of amides is 2. The minimum absolute atomic E-state index is 0.0209. The van der Waals surface area contributed by atoms with Crippen molar-refractivity contribution in [1.82, 2.24) is 10.6 Å². The lowest BCUT2D eigenvalue weighted by Gasteiger charge is -2.04. The zero-order valence-corrected chi connectivity index (χ0v) is 8.71. The third-order valence-corrected chi connectivity index (χ3v) is 1.63. The van der Waals surface area contributed by atoms with Gasteiger partial charge in [0.05, 0.1) is 6.54 Å². The Morgan fingerprint density at radius 1 is 1.13 bits per heavy atom. The van der Waals surface area contributed by atoms with Crippen LogP contribution < -0.4 is 10.6 Å². The first-order valence-corrected chi connectivity index (χ1v) is 4.81. The SMILES string of the molecule is CCNC(=O)NCC(=O)CCCC(=O)O. The summed E-state index contributed by atoms with van der Waals surface area (Å²) < 4.78 is 0. The Kier molecular flexibility index (Phi) is 6.96. The van der Waals surface area contributed by atoms with Gasteiger partial charge < -0.3 is 15.7 Å². The zero-order valence-electron chi connectivity index (χ0n) is 8.71. The number of hydrogen-bond acceptors (Lipinski definition) is 3. The van der Waals surface area contributed by atoms with Crippen LogP contribution in [0.4, 0.5) is 4.79 Å². The van der Waals surface area contributed by atoms with E-state index in [1.165, 1.54) is 0 Å². The summed E-state index contributed by atoms with van der Waals surface area (Å²) in [5, 5.41) is 13.2. The summed E-state index contributed by atoms with van der Waals surface area (Å²) in [5.74, 6) is -1.08. The Morgan fingerprint density at radius 3 is 2.33 bits per heavy atom. The molecule has 0 aromatic heterocycles. The summed E-state index contributed by atoms with van der Waals surface area (Å²) >= 11 is 0. The lowest BCUT2D eigenvalue weighted by Crippen LogP contribution is -2.38. The molecular formula is C9H16N2O4. The van der Waals surface area contributed by atoms with Gasteiger partial charge in [0.25, 0.3) is 0 Å². The van der Waals surface area contributed by atoms with Gasteiger partial charge >= 0.3 is 12.0 Å². The van der Waals surface area contributed by atoms with E-state index in [2.05, 4.69) is 10.6 Å². The van der Waals surface area contributed by atoms with Crippen LogP contribution in [0.15, 0.2) is 0 Å². The average Bonchev–Trinajstić information content (AvgIpc) is 2.14. The Labute approximate surface area is 88.0 Å². The van der Waals surface area contributed by atoms with Gasteiger partial charge in [-0.25, -0.2) is 4.79 Å². The quantitative estimate of drug-likeness (QED) is 0.563. The highest BCUT2D eigenvalue weighted by Gasteiger charge is 2.05. The maximum atomic E-state index is 11.1. The van der Waals surface area contributed by atoms with Crippen molar-refractivity contribution in [3.63, 3.8) is 0 Å². The van der Waals surface area contributed by atoms with E-state index in [-0.39, 0.29) is 31.2 Å². The molecule has 0 aliphatic heterocycles. The highest BCUT2D eigenvalue weighted by Crippen LogP contribution is 1.95. The van der Waals surface area contributed by atoms with E-state index in [0.717, 1.165) is 0 Å². The van der Waals surface area contributed by atoms with Gasteiger partial charge in [-0.15, -0.1) is 0 Å². The standard InChI is InChI=1S/C9H16N2O4/c1-2-10-9(15)11-6-7(12)4-3-5-8(13)14/h2-6H2,1H3,(H,13,14)(H2,10,11,15). The van der Waals surface area contributed by atoms with Crippen molar-refractivity contribution in [2.75, 3.05) is 13.1 Å². The third-order valence-electron chi connectivity index (χ3n) is 1.63. The molecule has 0 fully saturated rings. The van der Waals surface area contributed by atoms with E-state index in [1.807, 2.05) is 0 Å². The molecule has 0 heterocycles. The van der Waals surface area contributed by atoms with Gasteiger partial charge in [0.2, 0.25) is 0 Å². The van der Waals surface area contributed by atoms with Crippen LogP contribution in [0.25, 0.3) is 0 Å². The van der Waals surface area contributed by atoms with E-state index in [0.29, 0.717) is 13.0 Å². The van der Waals surface area contributed by atoms with Crippen LogP contribution in [0.1, 0.15) is 26.2 Å². The molecule has 3 N–H and O–H groups in total. The molecule has 0 aromatic rings. The monoisotopic (exact) mass is 216 g/mol. The van der Waals surface area contributed by atoms with Crippen LogP contribution in [0.5, 0.6) is 0 Å². The summed E-state index contributed by atoms with van der Waals surface area (Å²) in [4.78, 5) is 32.1. The Hall–Kier alpha value is -1.59. The summed E-state index contributed by atoms with van der Waals surface area (Å²) in [7, 11) is 0. The van der Waals surface area contributed by atoms with Crippen LogP contribution in [-0.4, -0.2) is 36.0 Å². The fourth-order valence-corrected chi connectivity index (χ4v) is 0.927. The van der Waals surface area contributed by atoms with Gasteiger partial charge in [0.15, 0.2) is 5.78 Å². The molecule has 0 saturated heterocycles.